The fraction of sp³-hybridized carbons (Fsp3) is 0.600. The van der Waals surface area contributed by atoms with Gasteiger partial charge in [0.1, 0.15) is 5.75 Å². The molecule has 1 aliphatic rings. The Kier molecular flexibility index (Phi) is 4.43. The maximum absolute atomic E-state index is 5.86. The van der Waals surface area contributed by atoms with Crippen molar-refractivity contribution in [3.05, 3.63) is 29.3 Å². The van der Waals surface area contributed by atoms with Gasteiger partial charge in [-0.3, -0.25) is 0 Å². The molecule has 0 saturated heterocycles. The average Bonchev–Trinajstić information content (AvgIpc) is 2.84. The Morgan fingerprint density at radius 3 is 2.76 bits per heavy atom. The first-order valence-electron chi connectivity index (χ1n) is 6.72. The van der Waals surface area contributed by atoms with Gasteiger partial charge >= 0.3 is 0 Å². The van der Waals surface area contributed by atoms with E-state index < -0.39 is 0 Å². The van der Waals surface area contributed by atoms with Crippen LogP contribution in [0.3, 0.4) is 0 Å². The van der Waals surface area contributed by atoms with Crippen LogP contribution in [0.5, 0.6) is 5.75 Å². The lowest BCUT2D eigenvalue weighted by Crippen LogP contribution is -2.07. The van der Waals surface area contributed by atoms with Gasteiger partial charge in [-0.25, -0.2) is 0 Å². The molecule has 0 amide bonds. The van der Waals surface area contributed by atoms with E-state index >= 15 is 0 Å². The van der Waals surface area contributed by atoms with E-state index in [2.05, 4.69) is 19.1 Å². The van der Waals surface area contributed by atoms with E-state index in [-0.39, 0.29) is 0 Å². The molecule has 1 fully saturated rings. The van der Waals surface area contributed by atoms with Crippen LogP contribution in [0.4, 0.5) is 0 Å². The third-order valence-electron chi connectivity index (χ3n) is 3.69. The standard InChI is InChI=1S/C15H23NO/c1-12-6-7-15(14(10-12)11-16)17-9-8-13-4-2-3-5-13/h6-7,10,13H,2-5,8-9,11,16H2,1H3. The fourth-order valence-electron chi connectivity index (χ4n) is 2.64. The normalized spacial score (nSPS) is 16.4. The van der Waals surface area contributed by atoms with E-state index in [0.717, 1.165) is 23.8 Å². The Bertz CT molecular complexity index is 356. The van der Waals surface area contributed by atoms with Crippen molar-refractivity contribution in [1.29, 1.82) is 0 Å². The Morgan fingerprint density at radius 2 is 2.06 bits per heavy atom. The summed E-state index contributed by atoms with van der Waals surface area (Å²) < 4.78 is 5.86. The summed E-state index contributed by atoms with van der Waals surface area (Å²) in [6.45, 7) is 3.47. The van der Waals surface area contributed by atoms with Gasteiger partial charge in [0.25, 0.3) is 0 Å². The first-order chi connectivity index (χ1) is 8.29. The predicted octanol–water partition coefficient (Wildman–Crippen LogP) is 3.41. The maximum Gasteiger partial charge on any atom is 0.123 e. The van der Waals surface area contributed by atoms with E-state index in [1.807, 2.05) is 6.07 Å². The molecule has 17 heavy (non-hydrogen) atoms. The Morgan fingerprint density at radius 1 is 1.29 bits per heavy atom. The van der Waals surface area contributed by atoms with Crippen molar-refractivity contribution in [2.45, 2.75) is 45.6 Å². The van der Waals surface area contributed by atoms with Crippen LogP contribution in [0.15, 0.2) is 18.2 Å². The highest BCUT2D eigenvalue weighted by molar-refractivity contribution is 5.36. The van der Waals surface area contributed by atoms with Crippen molar-refractivity contribution >= 4 is 0 Å². The molecular formula is C15H23NO. The molecule has 1 aromatic carbocycles. The molecule has 0 radical (unpaired) electrons. The lowest BCUT2D eigenvalue weighted by molar-refractivity contribution is 0.277. The summed E-state index contributed by atoms with van der Waals surface area (Å²) in [4.78, 5) is 0. The van der Waals surface area contributed by atoms with Gasteiger partial charge in [-0.15, -0.1) is 0 Å². The van der Waals surface area contributed by atoms with Gasteiger partial charge < -0.3 is 10.5 Å². The van der Waals surface area contributed by atoms with Crippen molar-refractivity contribution in [1.82, 2.24) is 0 Å². The van der Waals surface area contributed by atoms with E-state index in [9.17, 15) is 0 Å². The molecule has 1 saturated carbocycles. The topological polar surface area (TPSA) is 35.2 Å². The zero-order valence-electron chi connectivity index (χ0n) is 10.7. The number of rotatable bonds is 5. The molecule has 2 N–H and O–H groups in total. The maximum atomic E-state index is 5.86. The fourth-order valence-corrected chi connectivity index (χ4v) is 2.64. The second-order valence-corrected chi connectivity index (χ2v) is 5.10. The van der Waals surface area contributed by atoms with Crippen LogP contribution >= 0.6 is 0 Å². The number of hydrogen-bond acceptors (Lipinski definition) is 2. The molecule has 0 bridgehead atoms. The molecular weight excluding hydrogens is 210 g/mol. The number of benzene rings is 1. The number of ether oxygens (including phenoxy) is 1. The molecule has 0 atom stereocenters. The first-order valence-corrected chi connectivity index (χ1v) is 6.72. The summed E-state index contributed by atoms with van der Waals surface area (Å²) in [7, 11) is 0. The highest BCUT2D eigenvalue weighted by atomic mass is 16.5. The SMILES string of the molecule is Cc1ccc(OCCC2CCCC2)c(CN)c1. The van der Waals surface area contributed by atoms with Gasteiger partial charge in [0, 0.05) is 12.1 Å². The number of aryl methyl sites for hydroxylation is 1. The van der Waals surface area contributed by atoms with E-state index in [0.29, 0.717) is 6.54 Å². The van der Waals surface area contributed by atoms with Crippen molar-refractivity contribution in [2.75, 3.05) is 6.61 Å². The van der Waals surface area contributed by atoms with E-state index in [1.165, 1.54) is 37.7 Å². The molecule has 2 heteroatoms. The van der Waals surface area contributed by atoms with Crippen LogP contribution in [0.25, 0.3) is 0 Å². The number of nitrogens with two attached hydrogens (primary N) is 1. The van der Waals surface area contributed by atoms with Crippen LogP contribution in [-0.2, 0) is 6.54 Å². The largest absolute Gasteiger partial charge is 0.493 e. The van der Waals surface area contributed by atoms with Crippen LogP contribution < -0.4 is 10.5 Å². The third kappa shape index (κ3) is 3.47. The third-order valence-corrected chi connectivity index (χ3v) is 3.69. The molecule has 2 rings (SSSR count). The molecule has 0 aliphatic heterocycles. The van der Waals surface area contributed by atoms with Gasteiger partial charge in [0.05, 0.1) is 6.61 Å². The molecule has 0 unspecified atom stereocenters. The molecule has 1 aliphatic carbocycles. The molecule has 0 heterocycles. The number of hydrogen-bond donors (Lipinski definition) is 1. The molecule has 2 nitrogen and oxygen atoms in total. The lowest BCUT2D eigenvalue weighted by atomic mass is 10.1. The molecule has 0 spiro atoms. The van der Waals surface area contributed by atoms with Crippen LogP contribution in [0.2, 0.25) is 0 Å². The minimum absolute atomic E-state index is 0.556. The minimum atomic E-state index is 0.556. The van der Waals surface area contributed by atoms with Crippen LogP contribution in [0, 0.1) is 12.8 Å². The lowest BCUT2D eigenvalue weighted by Gasteiger charge is -2.13. The Hall–Kier alpha value is -1.02. The molecule has 1 aromatic rings. The summed E-state index contributed by atoms with van der Waals surface area (Å²) in [6, 6.07) is 6.25. The van der Waals surface area contributed by atoms with Gasteiger partial charge in [-0.1, -0.05) is 43.4 Å². The second kappa shape index (κ2) is 6.06. The first kappa shape index (κ1) is 12.4. The second-order valence-electron chi connectivity index (χ2n) is 5.10. The molecule has 94 valence electrons. The van der Waals surface area contributed by atoms with Gasteiger partial charge in [0.15, 0.2) is 0 Å². The summed E-state index contributed by atoms with van der Waals surface area (Å²) in [5, 5.41) is 0. The molecule has 0 aromatic heterocycles. The quantitative estimate of drug-likeness (QED) is 0.845. The highest BCUT2D eigenvalue weighted by Gasteiger charge is 2.14. The Labute approximate surface area is 104 Å². The van der Waals surface area contributed by atoms with Crippen molar-refractivity contribution in [3.8, 4) is 5.75 Å². The zero-order chi connectivity index (χ0) is 12.1. The minimum Gasteiger partial charge on any atom is -0.493 e. The highest BCUT2D eigenvalue weighted by Crippen LogP contribution is 2.28. The van der Waals surface area contributed by atoms with Crippen molar-refractivity contribution in [3.63, 3.8) is 0 Å². The van der Waals surface area contributed by atoms with Crippen molar-refractivity contribution < 1.29 is 4.74 Å². The smallest absolute Gasteiger partial charge is 0.123 e. The van der Waals surface area contributed by atoms with Crippen LogP contribution in [-0.4, -0.2) is 6.61 Å². The van der Waals surface area contributed by atoms with Gasteiger partial charge in [-0.05, 0) is 25.3 Å². The summed E-state index contributed by atoms with van der Waals surface area (Å²) >= 11 is 0. The predicted molar refractivity (Wildman–Crippen MR) is 71.1 cm³/mol. The zero-order valence-corrected chi connectivity index (χ0v) is 10.7. The van der Waals surface area contributed by atoms with Gasteiger partial charge in [0.2, 0.25) is 0 Å². The van der Waals surface area contributed by atoms with E-state index in [1.54, 1.807) is 0 Å². The summed E-state index contributed by atoms with van der Waals surface area (Å²) in [5.41, 5.74) is 8.10. The monoisotopic (exact) mass is 233 g/mol. The average molecular weight is 233 g/mol. The Balaban J connectivity index is 1.85. The van der Waals surface area contributed by atoms with E-state index in [4.69, 9.17) is 10.5 Å². The van der Waals surface area contributed by atoms with Crippen molar-refractivity contribution in [2.24, 2.45) is 11.7 Å². The summed E-state index contributed by atoms with van der Waals surface area (Å²) in [6.07, 6.45) is 6.78. The summed E-state index contributed by atoms with van der Waals surface area (Å²) in [5.74, 6) is 1.86. The van der Waals surface area contributed by atoms with Crippen LogP contribution in [0.1, 0.15) is 43.2 Å². The van der Waals surface area contributed by atoms with Gasteiger partial charge in [-0.2, -0.15) is 0 Å².